The molecule has 4 fully saturated rings. The SMILES string of the molecule is [C-]#[N+]c1ccc(NC(=O)[C@@H]2[C@H](C(=O)O)C3(C)C[C@@H](O)C2(C)O3)cc1C(F)(F)F.[C-]#[N+]c1ccc(NC(=O)[C@H]2[C@@H](C(=O)O)C3(C)OC2(C)C[C@H]3O)cc1C(F)(F)F. The van der Waals surface area contributed by atoms with Gasteiger partial charge in [0.2, 0.25) is 11.8 Å². The van der Waals surface area contributed by atoms with E-state index in [1.165, 1.54) is 27.7 Å². The van der Waals surface area contributed by atoms with Gasteiger partial charge < -0.3 is 40.5 Å². The molecule has 10 atom stereocenters. The number of carbonyl (C=O) groups is 4. The number of rotatable bonds is 6. The van der Waals surface area contributed by atoms with Gasteiger partial charge in [-0.1, -0.05) is 12.1 Å². The molecular formula is C36H34F6N4O10. The molecule has 4 unspecified atom stereocenters. The van der Waals surface area contributed by atoms with E-state index in [1.54, 1.807) is 0 Å². The molecule has 0 aromatic heterocycles. The van der Waals surface area contributed by atoms with Gasteiger partial charge in [-0.2, -0.15) is 26.3 Å². The Labute approximate surface area is 314 Å². The number of amides is 2. The number of anilines is 2. The highest BCUT2D eigenvalue weighted by Gasteiger charge is 2.73. The first-order valence-electron chi connectivity index (χ1n) is 16.7. The molecule has 4 aliphatic heterocycles. The summed E-state index contributed by atoms with van der Waals surface area (Å²) in [4.78, 5) is 54.8. The van der Waals surface area contributed by atoms with E-state index < -0.39 is 117 Å². The average Bonchev–Trinajstić information content (AvgIpc) is 3.66. The van der Waals surface area contributed by atoms with Crippen LogP contribution >= 0.6 is 0 Å². The van der Waals surface area contributed by atoms with Crippen LogP contribution in [0.3, 0.4) is 0 Å². The number of hydrogen-bond acceptors (Lipinski definition) is 8. The number of fused-ring (bicyclic) bond motifs is 4. The molecule has 4 saturated heterocycles. The molecular weight excluding hydrogens is 762 g/mol. The van der Waals surface area contributed by atoms with E-state index in [9.17, 15) is 65.9 Å². The number of aliphatic hydroxyl groups is 2. The molecule has 0 aliphatic carbocycles. The number of aliphatic carboxylic acids is 2. The molecule has 14 nitrogen and oxygen atoms in total. The minimum atomic E-state index is -4.80. The van der Waals surface area contributed by atoms with E-state index in [1.807, 2.05) is 0 Å². The van der Waals surface area contributed by atoms with Crippen molar-refractivity contribution < 1.29 is 75.4 Å². The maximum atomic E-state index is 13.1. The highest BCUT2D eigenvalue weighted by atomic mass is 19.4. The van der Waals surface area contributed by atoms with Crippen LogP contribution in [-0.2, 0) is 41.0 Å². The van der Waals surface area contributed by atoms with Crippen LogP contribution in [0.25, 0.3) is 9.69 Å². The van der Waals surface area contributed by atoms with Crippen molar-refractivity contribution in [1.29, 1.82) is 0 Å². The zero-order valence-corrected chi connectivity index (χ0v) is 29.7. The van der Waals surface area contributed by atoms with Crippen molar-refractivity contribution in [3.8, 4) is 0 Å². The maximum absolute atomic E-state index is 13.1. The Morgan fingerprint density at radius 1 is 0.661 bits per heavy atom. The van der Waals surface area contributed by atoms with E-state index in [-0.39, 0.29) is 24.2 Å². The van der Waals surface area contributed by atoms with Gasteiger partial charge in [0, 0.05) is 24.2 Å². The van der Waals surface area contributed by atoms with E-state index in [2.05, 4.69) is 20.3 Å². The molecule has 56 heavy (non-hydrogen) atoms. The summed E-state index contributed by atoms with van der Waals surface area (Å²) in [7, 11) is 0. The summed E-state index contributed by atoms with van der Waals surface area (Å²) in [6.45, 7) is 19.5. The van der Waals surface area contributed by atoms with Crippen LogP contribution in [0.1, 0.15) is 51.7 Å². The zero-order chi connectivity index (χ0) is 42.1. The third-order valence-electron chi connectivity index (χ3n) is 11.1. The first-order valence-corrected chi connectivity index (χ1v) is 16.7. The number of aliphatic hydroxyl groups excluding tert-OH is 2. The molecule has 6 rings (SSSR count). The van der Waals surface area contributed by atoms with Crippen LogP contribution in [0.4, 0.5) is 49.1 Å². The first-order chi connectivity index (χ1) is 25.7. The van der Waals surface area contributed by atoms with Crippen molar-refractivity contribution in [3.05, 3.63) is 70.4 Å². The predicted octanol–water partition coefficient (Wildman–Crippen LogP) is 5.65. The third kappa shape index (κ3) is 6.91. The monoisotopic (exact) mass is 796 g/mol. The first kappa shape index (κ1) is 41.9. The van der Waals surface area contributed by atoms with Crippen LogP contribution in [0.5, 0.6) is 0 Å². The van der Waals surface area contributed by atoms with Gasteiger partial charge in [-0.25, -0.2) is 9.69 Å². The van der Waals surface area contributed by atoms with Gasteiger partial charge >= 0.3 is 24.3 Å². The molecule has 2 aromatic carbocycles. The minimum Gasteiger partial charge on any atom is -0.481 e. The smallest absolute Gasteiger partial charge is 0.407 e. The lowest BCUT2D eigenvalue weighted by Gasteiger charge is -2.36. The molecule has 4 aliphatic rings. The van der Waals surface area contributed by atoms with Gasteiger partial charge in [0.15, 0.2) is 11.4 Å². The number of halogens is 6. The van der Waals surface area contributed by atoms with Gasteiger partial charge in [-0.15, -0.1) is 0 Å². The molecule has 0 radical (unpaired) electrons. The second-order valence-corrected chi connectivity index (χ2v) is 14.9. The summed E-state index contributed by atoms with van der Waals surface area (Å²) in [5.74, 6) is -9.50. The minimum absolute atomic E-state index is 0.0236. The van der Waals surface area contributed by atoms with Crippen molar-refractivity contribution in [2.45, 2.75) is 87.5 Å². The Bertz CT molecular complexity index is 2080. The molecule has 4 heterocycles. The highest BCUT2D eigenvalue weighted by Crippen LogP contribution is 2.59. The van der Waals surface area contributed by atoms with E-state index in [0.717, 1.165) is 24.3 Å². The largest absolute Gasteiger partial charge is 0.481 e. The number of alkyl halides is 6. The molecule has 6 N–H and O–H groups in total. The molecule has 0 spiro atoms. The van der Waals surface area contributed by atoms with Crippen LogP contribution in [-0.4, -0.2) is 78.8 Å². The van der Waals surface area contributed by atoms with Crippen LogP contribution in [0.2, 0.25) is 0 Å². The Kier molecular flexibility index (Phi) is 10.3. The Morgan fingerprint density at radius 3 is 1.38 bits per heavy atom. The summed E-state index contributed by atoms with van der Waals surface area (Å²) in [5, 5.41) is 44.2. The fourth-order valence-corrected chi connectivity index (χ4v) is 8.64. The second kappa shape index (κ2) is 13.7. The number of carboxylic acid groups (broad SMARTS) is 2. The average molecular weight is 797 g/mol. The zero-order valence-electron chi connectivity index (χ0n) is 29.7. The summed E-state index contributed by atoms with van der Waals surface area (Å²) in [5.41, 5.74) is -9.60. The van der Waals surface area contributed by atoms with Gasteiger partial charge in [0.25, 0.3) is 0 Å². The Hall–Kier alpha value is -5.28. The van der Waals surface area contributed by atoms with E-state index in [4.69, 9.17) is 22.6 Å². The maximum Gasteiger partial charge on any atom is 0.407 e. The lowest BCUT2D eigenvalue weighted by molar-refractivity contribution is -0.154. The van der Waals surface area contributed by atoms with Crippen LogP contribution in [0, 0.1) is 36.8 Å². The van der Waals surface area contributed by atoms with Crippen molar-refractivity contribution in [1.82, 2.24) is 0 Å². The molecule has 4 bridgehead atoms. The van der Waals surface area contributed by atoms with Gasteiger partial charge in [0.1, 0.15) is 17.1 Å². The lowest BCUT2D eigenvalue weighted by Crippen LogP contribution is -2.54. The van der Waals surface area contributed by atoms with Crippen molar-refractivity contribution >= 4 is 46.5 Å². The third-order valence-corrected chi connectivity index (χ3v) is 11.1. The number of nitrogens with one attached hydrogen (secondary N) is 2. The molecule has 2 aromatic rings. The molecule has 20 heteroatoms. The van der Waals surface area contributed by atoms with Crippen molar-refractivity contribution in [2.75, 3.05) is 10.6 Å². The Morgan fingerprint density at radius 2 is 1.02 bits per heavy atom. The predicted molar refractivity (Wildman–Crippen MR) is 179 cm³/mol. The number of ether oxygens (including phenoxy) is 2. The summed E-state index contributed by atoms with van der Waals surface area (Å²) in [6, 6.07) is 5.39. The number of carboxylic acids is 2. The Balaban J connectivity index is 0.000000214. The van der Waals surface area contributed by atoms with Crippen LogP contribution in [0.15, 0.2) is 36.4 Å². The van der Waals surface area contributed by atoms with Crippen LogP contribution < -0.4 is 10.6 Å². The standard InChI is InChI=1S/2C18H17F3N2O5/c1-16-7-11(24)17(2,28-16)12(13(16)15(26)27)14(25)23-8-4-5-10(22-3)9(6-8)18(19,20)21;1-16-7-11(24)17(2,28-16)13(15(26)27)12(16)14(25)23-8-4-5-10(22-3)9(6-8)18(19,20)21/h2*4-6,11-13,24H,7H2,1-2H3,(H,23,25)(H,26,27)/t11-,12+,13-,16?,17?;11-,12-,13+,16?,17?/m11/s1. The topological polar surface area (TPSA) is 200 Å². The van der Waals surface area contributed by atoms with Gasteiger partial charge in [0.05, 0.1) is 65.4 Å². The number of carbonyl (C=O) groups excluding carboxylic acids is 2. The van der Waals surface area contributed by atoms with Gasteiger partial charge in [-0.3, -0.25) is 19.2 Å². The quantitative estimate of drug-likeness (QED) is 0.157. The van der Waals surface area contributed by atoms with E-state index in [0.29, 0.717) is 12.1 Å². The molecule has 2 amide bonds. The summed E-state index contributed by atoms with van der Waals surface area (Å²) < 4.78 is 90.1. The fourth-order valence-electron chi connectivity index (χ4n) is 8.64. The second-order valence-electron chi connectivity index (χ2n) is 14.9. The summed E-state index contributed by atoms with van der Waals surface area (Å²) in [6.07, 6.45) is -11.7. The van der Waals surface area contributed by atoms with Crippen molar-refractivity contribution in [3.63, 3.8) is 0 Å². The summed E-state index contributed by atoms with van der Waals surface area (Å²) >= 11 is 0. The number of benzene rings is 2. The number of hydrogen-bond donors (Lipinski definition) is 6. The van der Waals surface area contributed by atoms with Gasteiger partial charge in [-0.05, 0) is 52.0 Å². The molecule has 300 valence electrons. The lowest BCUT2D eigenvalue weighted by atomic mass is 9.66. The number of nitrogens with zero attached hydrogens (tertiary/aromatic N) is 2. The normalized spacial score (nSPS) is 34.1. The van der Waals surface area contributed by atoms with Crippen molar-refractivity contribution in [2.24, 2.45) is 23.7 Å². The fraction of sp³-hybridized carbons (Fsp3) is 0.500. The highest BCUT2D eigenvalue weighted by molar-refractivity contribution is 5.98. The molecule has 0 saturated carbocycles. The van der Waals surface area contributed by atoms with E-state index >= 15 is 0 Å².